The van der Waals surface area contributed by atoms with E-state index in [1.165, 1.54) is 30.0 Å². The normalized spacial score (nSPS) is 11.6. The maximum Gasteiger partial charge on any atom is 0.238 e. The Balaban J connectivity index is 2.42. The Morgan fingerprint density at radius 3 is 2.45 bits per heavy atom. The van der Waals surface area contributed by atoms with E-state index in [1.54, 1.807) is 0 Å². The topological polar surface area (TPSA) is 99.1 Å². The summed E-state index contributed by atoms with van der Waals surface area (Å²) in [4.78, 5) is 5.05. The molecule has 2 rings (SSSR count). The number of anilines is 1. The van der Waals surface area contributed by atoms with Crippen LogP contribution in [-0.4, -0.2) is 13.4 Å². The van der Waals surface area contributed by atoms with Crippen molar-refractivity contribution in [3.8, 4) is 0 Å². The summed E-state index contributed by atoms with van der Waals surface area (Å²) in [6.45, 7) is 3.88. The molecule has 0 fully saturated rings. The fourth-order valence-corrected chi connectivity index (χ4v) is 3.40. The van der Waals surface area contributed by atoms with E-state index in [9.17, 15) is 8.42 Å². The predicted molar refractivity (Wildman–Crippen MR) is 80.1 cm³/mol. The second-order valence-electron chi connectivity index (χ2n) is 4.47. The van der Waals surface area contributed by atoms with Gasteiger partial charge in [-0.25, -0.2) is 18.5 Å². The van der Waals surface area contributed by atoms with Gasteiger partial charge in [0, 0.05) is 16.3 Å². The molecule has 0 saturated carbocycles. The number of rotatable bonds is 3. The number of nitrogens with zero attached hydrogens (tertiary/aromatic N) is 1. The van der Waals surface area contributed by atoms with Gasteiger partial charge in [-0.05, 0) is 49.7 Å². The fourth-order valence-electron chi connectivity index (χ4n) is 1.75. The Hall–Kier alpha value is -1.57. The van der Waals surface area contributed by atoms with Gasteiger partial charge < -0.3 is 5.73 Å². The van der Waals surface area contributed by atoms with Crippen LogP contribution < -0.4 is 10.9 Å². The Morgan fingerprint density at radius 2 is 1.85 bits per heavy atom. The monoisotopic (exact) mass is 309 g/mol. The molecule has 20 heavy (non-hydrogen) atoms. The minimum Gasteiger partial charge on any atom is -0.398 e. The van der Waals surface area contributed by atoms with Crippen LogP contribution in [0.1, 0.15) is 11.3 Å². The third-order valence-corrected chi connectivity index (χ3v) is 4.51. The highest BCUT2D eigenvalue weighted by Gasteiger charge is 2.12. The van der Waals surface area contributed by atoms with E-state index >= 15 is 0 Å². The molecule has 0 spiro atoms. The van der Waals surface area contributed by atoms with Gasteiger partial charge in [-0.1, -0.05) is 11.8 Å². The maximum absolute atomic E-state index is 11.4. The first-order chi connectivity index (χ1) is 9.25. The van der Waals surface area contributed by atoms with E-state index in [-0.39, 0.29) is 4.90 Å². The molecule has 0 radical (unpaired) electrons. The molecule has 4 N–H and O–H groups in total. The van der Waals surface area contributed by atoms with Crippen molar-refractivity contribution in [2.24, 2.45) is 5.14 Å². The molecule has 0 amide bonds. The van der Waals surface area contributed by atoms with Crippen molar-refractivity contribution in [1.29, 1.82) is 0 Å². The van der Waals surface area contributed by atoms with Crippen LogP contribution >= 0.6 is 11.8 Å². The number of hydrogen-bond acceptors (Lipinski definition) is 5. The summed E-state index contributed by atoms with van der Waals surface area (Å²) in [5, 5.41) is 5.89. The Kier molecular flexibility index (Phi) is 4.03. The second kappa shape index (κ2) is 5.43. The molecule has 1 heterocycles. The van der Waals surface area contributed by atoms with Gasteiger partial charge >= 0.3 is 0 Å². The second-order valence-corrected chi connectivity index (χ2v) is 7.09. The van der Waals surface area contributed by atoms with E-state index in [4.69, 9.17) is 10.9 Å². The van der Waals surface area contributed by atoms with Gasteiger partial charge in [0.1, 0.15) is 5.03 Å². The number of aryl methyl sites for hydroxylation is 2. The lowest BCUT2D eigenvalue weighted by atomic mass is 10.3. The van der Waals surface area contributed by atoms with Crippen LogP contribution in [0.15, 0.2) is 45.1 Å². The first-order valence-electron chi connectivity index (χ1n) is 5.81. The van der Waals surface area contributed by atoms with Crippen LogP contribution in [0.2, 0.25) is 0 Å². The summed E-state index contributed by atoms with van der Waals surface area (Å²) in [7, 11) is -3.74. The molecule has 106 valence electrons. The molecule has 0 aliphatic heterocycles. The molecular formula is C13H15N3O2S2. The van der Waals surface area contributed by atoms with Crippen LogP contribution in [0.25, 0.3) is 0 Å². The van der Waals surface area contributed by atoms with Crippen LogP contribution in [0, 0.1) is 13.8 Å². The third-order valence-electron chi connectivity index (χ3n) is 2.60. The molecule has 0 aliphatic rings. The summed E-state index contributed by atoms with van der Waals surface area (Å²) in [6.07, 6.45) is 0. The molecule has 0 atom stereocenters. The van der Waals surface area contributed by atoms with Gasteiger partial charge in [-0.15, -0.1) is 0 Å². The molecule has 0 bridgehead atoms. The number of aromatic nitrogens is 1. The first kappa shape index (κ1) is 14.8. The predicted octanol–water partition coefficient (Wildman–Crippen LogP) is 2.08. The number of nitrogen functional groups attached to an aromatic ring is 1. The van der Waals surface area contributed by atoms with Crippen molar-refractivity contribution in [3.05, 3.63) is 41.6 Å². The first-order valence-corrected chi connectivity index (χ1v) is 8.17. The molecule has 5 nitrogen and oxygen atoms in total. The van der Waals surface area contributed by atoms with E-state index in [1.807, 2.05) is 26.0 Å². The van der Waals surface area contributed by atoms with Gasteiger partial charge in [0.05, 0.1) is 4.90 Å². The summed E-state index contributed by atoms with van der Waals surface area (Å²) in [5.74, 6) is 0. The van der Waals surface area contributed by atoms with Crippen LogP contribution in [-0.2, 0) is 10.0 Å². The van der Waals surface area contributed by atoms with Crippen LogP contribution in [0.4, 0.5) is 5.69 Å². The van der Waals surface area contributed by atoms with E-state index in [0.717, 1.165) is 16.3 Å². The van der Waals surface area contributed by atoms with E-state index in [2.05, 4.69) is 4.98 Å². The quantitative estimate of drug-likeness (QED) is 0.846. The lowest BCUT2D eigenvalue weighted by Gasteiger charge is -2.08. The highest BCUT2D eigenvalue weighted by Crippen LogP contribution is 2.33. The Labute approximate surface area is 122 Å². The summed E-state index contributed by atoms with van der Waals surface area (Å²) < 4.78 is 22.7. The number of pyridine rings is 1. The Morgan fingerprint density at radius 1 is 1.15 bits per heavy atom. The Bertz CT molecular complexity index is 738. The van der Waals surface area contributed by atoms with Crippen LogP contribution in [0.3, 0.4) is 0 Å². The zero-order valence-corrected chi connectivity index (χ0v) is 12.8. The number of benzene rings is 1. The van der Waals surface area contributed by atoms with Crippen molar-refractivity contribution in [1.82, 2.24) is 4.98 Å². The van der Waals surface area contributed by atoms with Crippen molar-refractivity contribution < 1.29 is 8.42 Å². The van der Waals surface area contributed by atoms with Crippen molar-refractivity contribution >= 4 is 27.5 Å². The summed E-state index contributed by atoms with van der Waals surface area (Å²) >= 11 is 1.32. The van der Waals surface area contributed by atoms with Gasteiger partial charge in [0.25, 0.3) is 0 Å². The summed E-state index contributed by atoms with van der Waals surface area (Å²) in [6, 6.07) is 8.28. The standard InChI is InChI=1S/C13H15N3O2S2/c1-8-5-9(2)16-13(6-8)19-12-7-10(20(15,17)18)3-4-11(12)14/h3-7H,14H2,1-2H3,(H2,15,17,18). The average Bonchev–Trinajstić information content (AvgIpc) is 2.29. The molecule has 0 aliphatic carbocycles. The van der Waals surface area contributed by atoms with E-state index in [0.29, 0.717) is 10.6 Å². The zero-order chi connectivity index (χ0) is 14.9. The molecule has 1 aromatic heterocycles. The van der Waals surface area contributed by atoms with Crippen LogP contribution in [0.5, 0.6) is 0 Å². The number of hydrogen-bond donors (Lipinski definition) is 2. The van der Waals surface area contributed by atoms with Crippen molar-refractivity contribution in [3.63, 3.8) is 0 Å². The molecule has 2 aromatic rings. The highest BCUT2D eigenvalue weighted by atomic mass is 32.2. The minimum atomic E-state index is -3.74. The van der Waals surface area contributed by atoms with Gasteiger partial charge in [0.2, 0.25) is 10.0 Å². The van der Waals surface area contributed by atoms with Crippen molar-refractivity contribution in [2.45, 2.75) is 28.7 Å². The highest BCUT2D eigenvalue weighted by molar-refractivity contribution is 7.99. The number of primary sulfonamides is 1. The average molecular weight is 309 g/mol. The molecule has 7 heteroatoms. The lowest BCUT2D eigenvalue weighted by molar-refractivity contribution is 0.597. The smallest absolute Gasteiger partial charge is 0.238 e. The third kappa shape index (κ3) is 3.50. The van der Waals surface area contributed by atoms with Gasteiger partial charge in [0.15, 0.2) is 0 Å². The van der Waals surface area contributed by atoms with Crippen molar-refractivity contribution in [2.75, 3.05) is 5.73 Å². The fraction of sp³-hybridized carbons (Fsp3) is 0.154. The van der Waals surface area contributed by atoms with Gasteiger partial charge in [-0.2, -0.15) is 0 Å². The molecular weight excluding hydrogens is 294 g/mol. The molecule has 0 unspecified atom stereocenters. The number of nitrogens with two attached hydrogens (primary N) is 2. The SMILES string of the molecule is Cc1cc(C)nc(Sc2cc(S(N)(=O)=O)ccc2N)c1. The summed E-state index contributed by atoms with van der Waals surface area (Å²) in [5.41, 5.74) is 8.34. The maximum atomic E-state index is 11.4. The zero-order valence-electron chi connectivity index (χ0n) is 11.1. The minimum absolute atomic E-state index is 0.0403. The molecule has 1 aromatic carbocycles. The van der Waals surface area contributed by atoms with E-state index < -0.39 is 10.0 Å². The largest absolute Gasteiger partial charge is 0.398 e. The lowest BCUT2D eigenvalue weighted by Crippen LogP contribution is -2.12. The molecule has 0 saturated heterocycles. The van der Waals surface area contributed by atoms with Gasteiger partial charge in [-0.3, -0.25) is 0 Å². The number of sulfonamides is 1.